The number of carbonyl (C=O) groups excluding carboxylic acids is 2. The van der Waals surface area contributed by atoms with Gasteiger partial charge in [0.15, 0.2) is 0 Å². The fourth-order valence-electron chi connectivity index (χ4n) is 3.45. The Kier molecular flexibility index (Phi) is 6.66. The Morgan fingerprint density at radius 1 is 1.14 bits per heavy atom. The van der Waals surface area contributed by atoms with Gasteiger partial charge in [-0.25, -0.2) is 0 Å². The maximum absolute atomic E-state index is 12.7. The number of nitrogens with zero attached hydrogens (tertiary/aromatic N) is 1. The van der Waals surface area contributed by atoms with E-state index in [9.17, 15) is 9.59 Å². The number of aryl methyl sites for hydroxylation is 1. The van der Waals surface area contributed by atoms with Crippen LogP contribution in [-0.4, -0.2) is 43.0 Å². The zero-order valence-electron chi connectivity index (χ0n) is 16.4. The number of anilines is 1. The molecule has 1 unspecified atom stereocenters. The van der Waals surface area contributed by atoms with E-state index in [0.717, 1.165) is 42.0 Å². The molecular weight excluding hydrogens is 354 g/mol. The SMILES string of the molecule is COc1ccc(NC(=O)C2CCCN2CC(=O)NCc2ccccc2C)cc1. The first-order valence-electron chi connectivity index (χ1n) is 9.57. The van der Waals surface area contributed by atoms with Crippen LogP contribution in [0.3, 0.4) is 0 Å². The molecule has 0 spiro atoms. The van der Waals surface area contributed by atoms with Crippen LogP contribution in [0.25, 0.3) is 0 Å². The van der Waals surface area contributed by atoms with Crippen molar-refractivity contribution in [1.82, 2.24) is 10.2 Å². The van der Waals surface area contributed by atoms with Gasteiger partial charge in [0, 0.05) is 12.2 Å². The molecule has 0 radical (unpaired) electrons. The van der Waals surface area contributed by atoms with E-state index in [1.54, 1.807) is 19.2 Å². The van der Waals surface area contributed by atoms with Gasteiger partial charge in [-0.3, -0.25) is 14.5 Å². The Morgan fingerprint density at radius 2 is 1.89 bits per heavy atom. The van der Waals surface area contributed by atoms with E-state index in [1.807, 2.05) is 48.2 Å². The first-order chi connectivity index (χ1) is 13.6. The van der Waals surface area contributed by atoms with Crippen molar-refractivity contribution in [2.75, 3.05) is 25.5 Å². The van der Waals surface area contributed by atoms with Gasteiger partial charge in [-0.05, 0) is 61.7 Å². The molecule has 1 heterocycles. The minimum absolute atomic E-state index is 0.0626. The average Bonchev–Trinajstić information content (AvgIpc) is 3.16. The third-order valence-corrected chi connectivity index (χ3v) is 5.11. The van der Waals surface area contributed by atoms with Crippen LogP contribution in [0.15, 0.2) is 48.5 Å². The first-order valence-corrected chi connectivity index (χ1v) is 9.57. The standard InChI is InChI=1S/C22H27N3O3/c1-16-6-3-4-7-17(16)14-23-21(26)15-25-13-5-8-20(25)22(27)24-18-9-11-19(28-2)12-10-18/h3-4,6-7,9-12,20H,5,8,13-15H2,1-2H3,(H,23,26)(H,24,27). The molecule has 148 valence electrons. The van der Waals surface area contributed by atoms with Crippen LogP contribution in [0.4, 0.5) is 5.69 Å². The lowest BCUT2D eigenvalue weighted by Gasteiger charge is -2.23. The zero-order chi connectivity index (χ0) is 19.9. The highest BCUT2D eigenvalue weighted by Crippen LogP contribution is 2.20. The number of ether oxygens (including phenoxy) is 1. The normalized spacial score (nSPS) is 16.6. The Bertz CT molecular complexity index is 820. The number of benzene rings is 2. The largest absolute Gasteiger partial charge is 0.497 e. The van der Waals surface area contributed by atoms with E-state index in [-0.39, 0.29) is 24.4 Å². The van der Waals surface area contributed by atoms with Gasteiger partial charge in [0.2, 0.25) is 11.8 Å². The fourth-order valence-corrected chi connectivity index (χ4v) is 3.45. The lowest BCUT2D eigenvalue weighted by atomic mass is 10.1. The summed E-state index contributed by atoms with van der Waals surface area (Å²) < 4.78 is 5.13. The number of amides is 2. The Labute approximate surface area is 165 Å². The molecule has 1 aliphatic rings. The van der Waals surface area contributed by atoms with Crippen molar-refractivity contribution < 1.29 is 14.3 Å². The van der Waals surface area contributed by atoms with Crippen LogP contribution in [0.2, 0.25) is 0 Å². The summed E-state index contributed by atoms with van der Waals surface area (Å²) in [5, 5.41) is 5.90. The second-order valence-corrected chi connectivity index (χ2v) is 7.05. The van der Waals surface area contributed by atoms with Crippen molar-refractivity contribution in [2.45, 2.75) is 32.4 Å². The predicted molar refractivity (Wildman–Crippen MR) is 109 cm³/mol. The minimum Gasteiger partial charge on any atom is -0.497 e. The van der Waals surface area contributed by atoms with Gasteiger partial charge in [0.1, 0.15) is 5.75 Å². The summed E-state index contributed by atoms with van der Waals surface area (Å²) in [5.74, 6) is 0.604. The minimum atomic E-state index is -0.286. The molecule has 28 heavy (non-hydrogen) atoms. The van der Waals surface area contributed by atoms with Crippen molar-refractivity contribution in [1.29, 1.82) is 0 Å². The van der Waals surface area contributed by atoms with Crippen LogP contribution in [0, 0.1) is 6.92 Å². The van der Waals surface area contributed by atoms with Gasteiger partial charge < -0.3 is 15.4 Å². The number of hydrogen-bond donors (Lipinski definition) is 2. The number of carbonyl (C=O) groups is 2. The summed E-state index contributed by atoms with van der Waals surface area (Å²) >= 11 is 0. The van der Waals surface area contributed by atoms with Crippen LogP contribution in [0.5, 0.6) is 5.75 Å². The molecule has 1 aliphatic heterocycles. The Balaban J connectivity index is 1.52. The van der Waals surface area contributed by atoms with Crippen LogP contribution in [-0.2, 0) is 16.1 Å². The van der Waals surface area contributed by atoms with Gasteiger partial charge in [-0.15, -0.1) is 0 Å². The molecule has 1 saturated heterocycles. The van der Waals surface area contributed by atoms with E-state index in [0.29, 0.717) is 6.54 Å². The summed E-state index contributed by atoms with van der Waals surface area (Å²) in [6, 6.07) is 14.9. The van der Waals surface area contributed by atoms with Crippen molar-refractivity contribution in [3.05, 3.63) is 59.7 Å². The van der Waals surface area contributed by atoms with Crippen LogP contribution >= 0.6 is 0 Å². The highest BCUT2D eigenvalue weighted by molar-refractivity contribution is 5.95. The number of hydrogen-bond acceptors (Lipinski definition) is 4. The number of nitrogens with one attached hydrogen (secondary N) is 2. The smallest absolute Gasteiger partial charge is 0.241 e. The van der Waals surface area contributed by atoms with Gasteiger partial charge in [0.25, 0.3) is 0 Å². The Morgan fingerprint density at radius 3 is 2.61 bits per heavy atom. The predicted octanol–water partition coefficient (Wildman–Crippen LogP) is 2.72. The second-order valence-electron chi connectivity index (χ2n) is 7.05. The summed E-state index contributed by atoms with van der Waals surface area (Å²) in [6.45, 7) is 3.51. The van der Waals surface area contributed by atoms with E-state index in [2.05, 4.69) is 10.6 Å². The molecule has 0 saturated carbocycles. The number of methoxy groups -OCH3 is 1. The van der Waals surface area contributed by atoms with Gasteiger partial charge in [-0.1, -0.05) is 24.3 Å². The fraction of sp³-hybridized carbons (Fsp3) is 0.364. The molecule has 6 nitrogen and oxygen atoms in total. The molecule has 2 aromatic carbocycles. The van der Waals surface area contributed by atoms with Crippen LogP contribution < -0.4 is 15.4 Å². The molecule has 0 aromatic heterocycles. The van der Waals surface area contributed by atoms with Gasteiger partial charge >= 0.3 is 0 Å². The molecule has 2 N–H and O–H groups in total. The summed E-state index contributed by atoms with van der Waals surface area (Å²) in [5.41, 5.74) is 2.98. The molecule has 3 rings (SSSR count). The molecule has 2 amide bonds. The lowest BCUT2D eigenvalue weighted by molar-refractivity contribution is -0.125. The van der Waals surface area contributed by atoms with Crippen molar-refractivity contribution in [2.24, 2.45) is 0 Å². The molecule has 1 fully saturated rings. The zero-order valence-corrected chi connectivity index (χ0v) is 16.4. The third kappa shape index (κ3) is 5.10. The molecule has 2 aromatic rings. The molecule has 0 aliphatic carbocycles. The third-order valence-electron chi connectivity index (χ3n) is 5.11. The second kappa shape index (κ2) is 9.37. The van der Waals surface area contributed by atoms with Gasteiger partial charge in [-0.2, -0.15) is 0 Å². The molecule has 0 bridgehead atoms. The molecule has 6 heteroatoms. The monoisotopic (exact) mass is 381 g/mol. The van der Waals surface area contributed by atoms with Crippen molar-refractivity contribution in [3.8, 4) is 5.75 Å². The van der Waals surface area contributed by atoms with Crippen molar-refractivity contribution in [3.63, 3.8) is 0 Å². The number of rotatable bonds is 7. The van der Waals surface area contributed by atoms with Crippen molar-refractivity contribution >= 4 is 17.5 Å². The topological polar surface area (TPSA) is 70.7 Å². The van der Waals surface area contributed by atoms with Crippen LogP contribution in [0.1, 0.15) is 24.0 Å². The van der Waals surface area contributed by atoms with E-state index in [4.69, 9.17) is 4.74 Å². The summed E-state index contributed by atoms with van der Waals surface area (Å²) in [6.07, 6.45) is 1.67. The highest BCUT2D eigenvalue weighted by Gasteiger charge is 2.31. The molecule has 1 atom stereocenters. The average molecular weight is 381 g/mol. The summed E-state index contributed by atoms with van der Waals surface area (Å²) in [4.78, 5) is 27.0. The maximum atomic E-state index is 12.7. The lowest BCUT2D eigenvalue weighted by Crippen LogP contribution is -2.44. The quantitative estimate of drug-likeness (QED) is 0.774. The molecular formula is C22H27N3O3. The Hall–Kier alpha value is -2.86. The van der Waals surface area contributed by atoms with E-state index < -0.39 is 0 Å². The van der Waals surface area contributed by atoms with E-state index in [1.165, 1.54) is 0 Å². The van der Waals surface area contributed by atoms with Gasteiger partial charge in [0.05, 0.1) is 19.7 Å². The maximum Gasteiger partial charge on any atom is 0.241 e. The first kappa shape index (κ1) is 19.9. The number of likely N-dealkylation sites (tertiary alicyclic amines) is 1. The van der Waals surface area contributed by atoms with E-state index >= 15 is 0 Å². The summed E-state index contributed by atoms with van der Waals surface area (Å²) in [7, 11) is 1.61. The highest BCUT2D eigenvalue weighted by atomic mass is 16.5.